The molecule has 3 aromatic rings. The SMILES string of the molecule is CCC(C)Oc1cc2c(cc1OCCCO)CC(=O)N(c1ccc(OC)cc1)C2c1ccc(Cl)cc1. The number of hydrogen-bond acceptors (Lipinski definition) is 5. The van der Waals surface area contributed by atoms with E-state index in [1.165, 1.54) is 0 Å². The Morgan fingerprint density at radius 2 is 1.81 bits per heavy atom. The van der Waals surface area contributed by atoms with E-state index in [1.807, 2.05) is 72.5 Å². The molecule has 1 aliphatic heterocycles. The third kappa shape index (κ3) is 5.61. The van der Waals surface area contributed by atoms with Crippen molar-refractivity contribution in [1.29, 1.82) is 0 Å². The van der Waals surface area contributed by atoms with Gasteiger partial charge < -0.3 is 24.2 Å². The smallest absolute Gasteiger partial charge is 0.232 e. The molecule has 0 aliphatic carbocycles. The highest BCUT2D eigenvalue weighted by Gasteiger charge is 2.36. The lowest BCUT2D eigenvalue weighted by molar-refractivity contribution is -0.118. The summed E-state index contributed by atoms with van der Waals surface area (Å²) in [4.78, 5) is 15.4. The molecule has 3 aromatic carbocycles. The van der Waals surface area contributed by atoms with Gasteiger partial charge in [-0.3, -0.25) is 4.79 Å². The largest absolute Gasteiger partial charge is 0.497 e. The quantitative estimate of drug-likeness (QED) is 0.341. The Bertz CT molecular complexity index is 1180. The topological polar surface area (TPSA) is 68.2 Å². The minimum atomic E-state index is -0.377. The van der Waals surface area contributed by atoms with Gasteiger partial charge in [-0.1, -0.05) is 30.7 Å². The van der Waals surface area contributed by atoms with Crippen LogP contribution in [0.4, 0.5) is 5.69 Å². The highest BCUT2D eigenvalue weighted by atomic mass is 35.5. The molecule has 36 heavy (non-hydrogen) atoms. The molecule has 6 nitrogen and oxygen atoms in total. The van der Waals surface area contributed by atoms with Crippen LogP contribution in [0.15, 0.2) is 60.7 Å². The van der Waals surface area contributed by atoms with Gasteiger partial charge >= 0.3 is 0 Å². The molecule has 190 valence electrons. The first kappa shape index (κ1) is 25.9. The summed E-state index contributed by atoms with van der Waals surface area (Å²) in [5, 5.41) is 9.83. The molecule has 2 atom stereocenters. The van der Waals surface area contributed by atoms with Crippen LogP contribution in [0.2, 0.25) is 5.02 Å². The standard InChI is InChI=1S/C29H32ClNO5/c1-4-19(2)36-27-18-25-21(16-26(27)35-15-5-14-32)17-28(33)31(23-10-12-24(34-3)13-11-23)29(25)20-6-8-22(30)9-7-20/h6-13,16,18-19,29,32H,4-5,14-15,17H2,1-3H3. The molecular formula is C29H32ClNO5. The van der Waals surface area contributed by atoms with Crippen molar-refractivity contribution in [2.45, 2.75) is 45.3 Å². The van der Waals surface area contributed by atoms with E-state index in [1.54, 1.807) is 7.11 Å². The highest BCUT2D eigenvalue weighted by Crippen LogP contribution is 2.44. The summed E-state index contributed by atoms with van der Waals surface area (Å²) in [5.74, 6) is 1.91. The van der Waals surface area contributed by atoms with E-state index in [0.717, 1.165) is 34.5 Å². The Balaban J connectivity index is 1.85. The number of methoxy groups -OCH3 is 1. The zero-order chi connectivity index (χ0) is 25.7. The average molecular weight is 510 g/mol. The minimum Gasteiger partial charge on any atom is -0.497 e. The number of carbonyl (C=O) groups excluding carboxylic acids is 1. The molecule has 0 aromatic heterocycles. The predicted molar refractivity (Wildman–Crippen MR) is 141 cm³/mol. The van der Waals surface area contributed by atoms with E-state index in [0.29, 0.717) is 29.5 Å². The van der Waals surface area contributed by atoms with Crippen molar-refractivity contribution in [3.05, 3.63) is 82.4 Å². The summed E-state index contributed by atoms with van der Waals surface area (Å²) in [5.41, 5.74) is 3.58. The van der Waals surface area contributed by atoms with Crippen LogP contribution in [0.5, 0.6) is 17.2 Å². The zero-order valence-electron chi connectivity index (χ0n) is 20.9. The molecule has 0 spiro atoms. The Hall–Kier alpha value is -3.22. The number of rotatable bonds is 10. The van der Waals surface area contributed by atoms with Crippen LogP contribution >= 0.6 is 11.6 Å². The number of halogens is 1. The van der Waals surface area contributed by atoms with Crippen molar-refractivity contribution in [2.75, 3.05) is 25.2 Å². The number of aliphatic hydroxyl groups excluding tert-OH is 1. The molecule has 2 unspecified atom stereocenters. The number of aliphatic hydroxyl groups is 1. The molecule has 0 saturated carbocycles. The van der Waals surface area contributed by atoms with Crippen LogP contribution in [0.1, 0.15) is 49.4 Å². The molecule has 1 amide bonds. The van der Waals surface area contributed by atoms with E-state index >= 15 is 0 Å². The van der Waals surface area contributed by atoms with Gasteiger partial charge in [0.1, 0.15) is 5.75 Å². The van der Waals surface area contributed by atoms with Crippen molar-refractivity contribution in [2.24, 2.45) is 0 Å². The molecular weight excluding hydrogens is 478 g/mol. The molecule has 4 rings (SSSR count). The van der Waals surface area contributed by atoms with Crippen LogP contribution in [0, 0.1) is 0 Å². The molecule has 0 saturated heterocycles. The fraction of sp³-hybridized carbons (Fsp3) is 0.345. The number of fused-ring (bicyclic) bond motifs is 1. The van der Waals surface area contributed by atoms with Crippen LogP contribution in [0.25, 0.3) is 0 Å². The maximum Gasteiger partial charge on any atom is 0.232 e. The molecule has 0 fully saturated rings. The maximum atomic E-state index is 13.6. The Morgan fingerprint density at radius 1 is 1.08 bits per heavy atom. The lowest BCUT2D eigenvalue weighted by Gasteiger charge is -2.38. The number of anilines is 1. The van der Waals surface area contributed by atoms with Crippen LogP contribution in [-0.2, 0) is 11.2 Å². The molecule has 0 bridgehead atoms. The van der Waals surface area contributed by atoms with Crippen molar-refractivity contribution in [3.63, 3.8) is 0 Å². The van der Waals surface area contributed by atoms with Gasteiger partial charge in [-0.2, -0.15) is 0 Å². The number of carbonyl (C=O) groups is 1. The molecule has 7 heteroatoms. The summed E-state index contributed by atoms with van der Waals surface area (Å²) >= 11 is 6.20. The Kier molecular flexibility index (Phi) is 8.39. The van der Waals surface area contributed by atoms with Crippen molar-refractivity contribution in [3.8, 4) is 17.2 Å². The van der Waals surface area contributed by atoms with Gasteiger partial charge in [-0.25, -0.2) is 0 Å². The minimum absolute atomic E-state index is 0.0138. The summed E-state index contributed by atoms with van der Waals surface area (Å²) in [6.45, 7) is 4.48. The van der Waals surface area contributed by atoms with Gasteiger partial charge in [0.2, 0.25) is 5.91 Å². The lowest BCUT2D eigenvalue weighted by atomic mass is 9.86. The third-order valence-corrected chi connectivity index (χ3v) is 6.62. The Morgan fingerprint density at radius 3 is 2.44 bits per heavy atom. The summed E-state index contributed by atoms with van der Waals surface area (Å²) in [7, 11) is 1.62. The van der Waals surface area contributed by atoms with E-state index in [9.17, 15) is 9.90 Å². The van der Waals surface area contributed by atoms with Gasteiger partial charge in [-0.05, 0) is 78.6 Å². The molecule has 1 aliphatic rings. The predicted octanol–water partition coefficient (Wildman–Crippen LogP) is 5.97. The Labute approximate surface area is 217 Å². The maximum absolute atomic E-state index is 13.6. The fourth-order valence-electron chi connectivity index (χ4n) is 4.32. The second-order valence-electron chi connectivity index (χ2n) is 8.85. The van der Waals surface area contributed by atoms with Gasteiger partial charge in [0.25, 0.3) is 0 Å². The third-order valence-electron chi connectivity index (χ3n) is 6.37. The van der Waals surface area contributed by atoms with E-state index in [4.69, 9.17) is 25.8 Å². The van der Waals surface area contributed by atoms with Crippen molar-refractivity contribution >= 4 is 23.2 Å². The van der Waals surface area contributed by atoms with Gasteiger partial charge in [0, 0.05) is 23.7 Å². The number of nitrogens with zero attached hydrogens (tertiary/aromatic N) is 1. The normalized spacial score (nSPS) is 15.9. The molecule has 0 radical (unpaired) electrons. The fourth-order valence-corrected chi connectivity index (χ4v) is 4.44. The van der Waals surface area contributed by atoms with Crippen LogP contribution in [0.3, 0.4) is 0 Å². The molecule has 1 heterocycles. The van der Waals surface area contributed by atoms with Crippen LogP contribution in [-0.4, -0.2) is 37.4 Å². The molecule has 1 N–H and O–H groups in total. The summed E-state index contributed by atoms with van der Waals surface area (Å²) in [6, 6.07) is 18.6. The first-order valence-corrected chi connectivity index (χ1v) is 12.6. The van der Waals surface area contributed by atoms with Gasteiger partial charge in [0.05, 0.1) is 32.3 Å². The summed E-state index contributed by atoms with van der Waals surface area (Å²) in [6.07, 6.45) is 1.56. The second kappa shape index (κ2) is 11.7. The van der Waals surface area contributed by atoms with Gasteiger partial charge in [0.15, 0.2) is 11.5 Å². The van der Waals surface area contributed by atoms with E-state index < -0.39 is 0 Å². The van der Waals surface area contributed by atoms with E-state index in [-0.39, 0.29) is 31.1 Å². The number of benzene rings is 3. The van der Waals surface area contributed by atoms with Gasteiger partial charge in [-0.15, -0.1) is 0 Å². The first-order chi connectivity index (χ1) is 17.4. The van der Waals surface area contributed by atoms with Crippen molar-refractivity contribution in [1.82, 2.24) is 0 Å². The number of ether oxygens (including phenoxy) is 3. The number of hydrogen-bond donors (Lipinski definition) is 1. The second-order valence-corrected chi connectivity index (χ2v) is 9.29. The van der Waals surface area contributed by atoms with Crippen molar-refractivity contribution < 1.29 is 24.1 Å². The highest BCUT2D eigenvalue weighted by molar-refractivity contribution is 6.30. The number of amides is 1. The lowest BCUT2D eigenvalue weighted by Crippen LogP contribution is -2.41. The first-order valence-electron chi connectivity index (χ1n) is 12.2. The van der Waals surface area contributed by atoms with E-state index in [2.05, 4.69) is 6.92 Å². The average Bonchev–Trinajstić information content (AvgIpc) is 2.89. The monoisotopic (exact) mass is 509 g/mol. The zero-order valence-corrected chi connectivity index (χ0v) is 21.6. The van der Waals surface area contributed by atoms with Crippen LogP contribution < -0.4 is 19.1 Å². The summed E-state index contributed by atoms with van der Waals surface area (Å²) < 4.78 is 17.6.